The van der Waals surface area contributed by atoms with Crippen LogP contribution in [0.3, 0.4) is 0 Å². The van der Waals surface area contributed by atoms with Crippen LogP contribution in [0.15, 0.2) is 64.0 Å². The smallest absolute Gasteiger partial charge is 0.355 e. The molecule has 11 heteroatoms. The first kappa shape index (κ1) is 31.4. The molecule has 8 bridgehead atoms. The fourth-order valence-electron chi connectivity index (χ4n) is 7.11. The van der Waals surface area contributed by atoms with Crippen molar-refractivity contribution in [1.29, 1.82) is 0 Å². The van der Waals surface area contributed by atoms with Gasteiger partial charge in [-0.15, -0.1) is 23.5 Å². The Morgan fingerprint density at radius 3 is 2.81 bits per heavy atom. The van der Waals surface area contributed by atoms with E-state index in [1.165, 1.54) is 5.69 Å². The van der Waals surface area contributed by atoms with E-state index in [1.54, 1.807) is 23.5 Å². The molecule has 0 spiro atoms. The van der Waals surface area contributed by atoms with Crippen LogP contribution in [0.1, 0.15) is 58.7 Å². The van der Waals surface area contributed by atoms with E-state index in [0.717, 1.165) is 85.5 Å². The minimum absolute atomic E-state index is 0.295. The van der Waals surface area contributed by atoms with E-state index in [1.807, 2.05) is 42.8 Å². The summed E-state index contributed by atoms with van der Waals surface area (Å²) in [6, 6.07) is 18.7. The van der Waals surface area contributed by atoms with Gasteiger partial charge in [0.15, 0.2) is 0 Å². The number of halogens is 1. The number of aromatic nitrogens is 4. The second-order valence-corrected chi connectivity index (χ2v) is 14.6. The molecule has 3 aromatic heterocycles. The highest BCUT2D eigenvalue weighted by Crippen LogP contribution is 2.44. The number of aryl methyl sites for hydroxylation is 3. The van der Waals surface area contributed by atoms with E-state index in [0.29, 0.717) is 54.0 Å². The number of benzene rings is 3. The molecule has 0 atom stereocenters. The van der Waals surface area contributed by atoms with E-state index in [4.69, 9.17) is 30.7 Å². The molecule has 0 amide bonds. The predicted octanol–water partition coefficient (Wildman–Crippen LogP) is 9.01. The van der Waals surface area contributed by atoms with Gasteiger partial charge in [-0.2, -0.15) is 5.10 Å². The van der Waals surface area contributed by atoms with E-state index in [9.17, 15) is 4.79 Å². The van der Waals surface area contributed by atoms with Crippen LogP contribution in [0.2, 0.25) is 5.02 Å². The predicted molar refractivity (Wildman–Crippen MR) is 192 cm³/mol. The number of carbonyl (C=O) groups excluding carboxylic acids is 1. The highest BCUT2D eigenvalue weighted by Gasteiger charge is 2.30. The van der Waals surface area contributed by atoms with E-state index >= 15 is 0 Å². The van der Waals surface area contributed by atoms with Gasteiger partial charge in [0.2, 0.25) is 0 Å². The Labute approximate surface area is 292 Å². The van der Waals surface area contributed by atoms with Crippen LogP contribution in [0.25, 0.3) is 32.8 Å². The fourth-order valence-corrected chi connectivity index (χ4v) is 9.04. The first-order valence-corrected chi connectivity index (χ1v) is 18.9. The third-order valence-electron chi connectivity index (χ3n) is 9.14. The number of ether oxygens (including phenoxy) is 2. The molecule has 0 unspecified atom stereocenters. The van der Waals surface area contributed by atoms with Gasteiger partial charge in [0, 0.05) is 63.7 Å². The third-order valence-corrected chi connectivity index (χ3v) is 11.4. The Kier molecular flexibility index (Phi) is 8.65. The van der Waals surface area contributed by atoms with Crippen molar-refractivity contribution < 1.29 is 18.8 Å². The van der Waals surface area contributed by atoms with Gasteiger partial charge < -0.3 is 18.6 Å². The van der Waals surface area contributed by atoms with Gasteiger partial charge >= 0.3 is 5.97 Å². The summed E-state index contributed by atoms with van der Waals surface area (Å²) in [4.78, 5) is 14.7. The van der Waals surface area contributed by atoms with Crippen LogP contribution < -0.4 is 4.74 Å². The number of esters is 1. The molecule has 0 fully saturated rings. The van der Waals surface area contributed by atoms with Gasteiger partial charge in [0.1, 0.15) is 17.2 Å². The Morgan fingerprint density at radius 1 is 1.02 bits per heavy atom. The number of thioether (sulfide) groups is 2. The lowest BCUT2D eigenvalue weighted by atomic mass is 9.97. The molecular formula is C37H35ClN4O4S2. The van der Waals surface area contributed by atoms with Gasteiger partial charge in [0.25, 0.3) is 0 Å². The largest absolute Gasteiger partial charge is 0.493 e. The lowest BCUT2D eigenvalue weighted by Crippen LogP contribution is -2.13. The summed E-state index contributed by atoms with van der Waals surface area (Å²) in [7, 11) is 1.95. The molecule has 0 radical (unpaired) electrons. The van der Waals surface area contributed by atoms with Gasteiger partial charge in [-0.25, -0.2) is 4.79 Å². The summed E-state index contributed by atoms with van der Waals surface area (Å²) in [6.45, 7) is 3.51. The molecule has 8 rings (SSSR count). The van der Waals surface area contributed by atoms with Gasteiger partial charge in [0.05, 0.1) is 40.9 Å². The average molecular weight is 699 g/mol. The van der Waals surface area contributed by atoms with Crippen molar-refractivity contribution in [3.63, 3.8) is 0 Å². The number of rotatable bonds is 2. The van der Waals surface area contributed by atoms with Crippen LogP contribution in [0.4, 0.5) is 0 Å². The molecule has 2 aliphatic heterocycles. The lowest BCUT2D eigenvalue weighted by molar-refractivity contribution is 0.0514. The summed E-state index contributed by atoms with van der Waals surface area (Å²) in [5.41, 5.74) is 7.55. The fraction of sp³-hybridized carbons (Fsp3) is 0.324. The average Bonchev–Trinajstić information content (AvgIpc) is 3.86. The molecule has 2 aliphatic rings. The maximum absolute atomic E-state index is 13.6. The molecule has 8 nitrogen and oxygen atoms in total. The Bertz CT molecular complexity index is 2190. The molecule has 0 saturated heterocycles. The first-order chi connectivity index (χ1) is 23.5. The summed E-state index contributed by atoms with van der Waals surface area (Å²) in [5, 5.41) is 13.3. The molecule has 0 N–H and O–H groups in total. The third kappa shape index (κ3) is 5.67. The molecule has 0 saturated carbocycles. The normalized spacial score (nSPS) is 15.2. The van der Waals surface area contributed by atoms with Crippen molar-refractivity contribution in [3.8, 4) is 16.9 Å². The van der Waals surface area contributed by atoms with Gasteiger partial charge in [-0.1, -0.05) is 47.1 Å². The topological polar surface area (TPSA) is 84.3 Å². The Hall–Kier alpha value is -3.86. The minimum atomic E-state index is -0.331. The SMILES string of the molecule is CCOC(=O)c1c2c3ccc(Cl)c(c3n1C)-c1c(nn3c1CCC3)CSCc1cc(on1)CSc1cc(c3ccccc3c1)OCCC2. The van der Waals surface area contributed by atoms with Crippen LogP contribution in [0.5, 0.6) is 5.75 Å². The molecule has 6 aromatic rings. The summed E-state index contributed by atoms with van der Waals surface area (Å²) in [5.74, 6) is 3.41. The second-order valence-electron chi connectivity index (χ2n) is 12.2. The molecule has 5 heterocycles. The van der Waals surface area contributed by atoms with Crippen molar-refractivity contribution in [1.82, 2.24) is 19.5 Å². The van der Waals surface area contributed by atoms with Gasteiger partial charge in [-0.3, -0.25) is 4.68 Å². The van der Waals surface area contributed by atoms with E-state index in [-0.39, 0.29) is 5.97 Å². The van der Waals surface area contributed by atoms with Gasteiger partial charge in [-0.05, 0) is 61.8 Å². The number of carbonyl (C=O) groups is 1. The molecule has 246 valence electrons. The molecule has 48 heavy (non-hydrogen) atoms. The Morgan fingerprint density at radius 2 is 1.92 bits per heavy atom. The van der Waals surface area contributed by atoms with Crippen molar-refractivity contribution >= 4 is 62.8 Å². The maximum Gasteiger partial charge on any atom is 0.355 e. The maximum atomic E-state index is 13.6. The summed E-state index contributed by atoms with van der Waals surface area (Å²) in [6.07, 6.45) is 3.32. The zero-order chi connectivity index (χ0) is 32.8. The van der Waals surface area contributed by atoms with E-state index in [2.05, 4.69) is 40.2 Å². The van der Waals surface area contributed by atoms with Crippen LogP contribution in [-0.4, -0.2) is 38.7 Å². The van der Waals surface area contributed by atoms with E-state index < -0.39 is 0 Å². The van der Waals surface area contributed by atoms with Crippen LogP contribution in [0, 0.1) is 0 Å². The van der Waals surface area contributed by atoms with Crippen molar-refractivity contribution in [3.05, 3.63) is 93.7 Å². The quantitative estimate of drug-likeness (QED) is 0.166. The highest BCUT2D eigenvalue weighted by atomic mass is 35.5. The van der Waals surface area contributed by atoms with Crippen molar-refractivity contribution in [2.24, 2.45) is 7.05 Å². The van der Waals surface area contributed by atoms with Crippen molar-refractivity contribution in [2.75, 3.05) is 13.2 Å². The van der Waals surface area contributed by atoms with Crippen molar-refractivity contribution in [2.45, 2.75) is 61.3 Å². The second kappa shape index (κ2) is 13.2. The number of hydrogen-bond donors (Lipinski definition) is 0. The zero-order valence-corrected chi connectivity index (χ0v) is 29.3. The standard InChI is InChI=1S/C37H35ClN4O4S2/c1-3-44-37(43)36-27-10-7-15-45-32-18-25(16-22-8-4-5-9-26(22)32)48-20-24-17-23(40-46-24)19-47-21-30-34(31-11-6-14-42(31)39-30)33-29(38)13-12-28(27)35(33)41(36)2/h4-5,8-9,12-13,16-18H,3,6-7,10-11,14-15,19-21H2,1-2H3. The summed E-state index contributed by atoms with van der Waals surface area (Å²) >= 11 is 10.6. The first-order valence-electron chi connectivity index (χ1n) is 16.4. The monoisotopic (exact) mass is 698 g/mol. The number of hydrogen-bond acceptors (Lipinski definition) is 8. The minimum Gasteiger partial charge on any atom is -0.493 e. The lowest BCUT2D eigenvalue weighted by Gasteiger charge is -2.12. The summed E-state index contributed by atoms with van der Waals surface area (Å²) < 4.78 is 22.0. The number of nitrogens with zero attached hydrogens (tertiary/aromatic N) is 4. The highest BCUT2D eigenvalue weighted by molar-refractivity contribution is 7.98. The van der Waals surface area contributed by atoms with Crippen LogP contribution in [-0.2, 0) is 48.4 Å². The molecule has 3 aromatic carbocycles. The van der Waals surface area contributed by atoms with Crippen LogP contribution >= 0.6 is 35.1 Å². The number of fused-ring (bicyclic) bond motifs is 10. The molecule has 0 aliphatic carbocycles. The Balaban J connectivity index is 1.26. The zero-order valence-electron chi connectivity index (χ0n) is 26.9. The molecular weight excluding hydrogens is 664 g/mol.